The van der Waals surface area contributed by atoms with Gasteiger partial charge in [-0.25, -0.2) is 4.99 Å². The first-order chi connectivity index (χ1) is 14.6. The monoisotopic (exact) mass is 538 g/mol. The zero-order chi connectivity index (χ0) is 21.0. The third kappa shape index (κ3) is 5.51. The van der Waals surface area contributed by atoms with Crippen LogP contribution >= 0.6 is 24.0 Å². The number of para-hydroxylation sites is 1. The molecule has 7 nitrogen and oxygen atoms in total. The van der Waals surface area contributed by atoms with Crippen LogP contribution in [0.1, 0.15) is 75.1 Å². The molecule has 1 fully saturated rings. The van der Waals surface area contributed by atoms with Crippen LogP contribution in [0.25, 0.3) is 0 Å². The van der Waals surface area contributed by atoms with Gasteiger partial charge in [0.1, 0.15) is 23.7 Å². The van der Waals surface area contributed by atoms with Crippen molar-refractivity contribution >= 4 is 29.9 Å². The van der Waals surface area contributed by atoms with Gasteiger partial charge in [-0.2, -0.15) is 0 Å². The second kappa shape index (κ2) is 10.7. The van der Waals surface area contributed by atoms with Gasteiger partial charge in [0.05, 0.1) is 6.04 Å². The molecule has 0 radical (unpaired) electrons. The van der Waals surface area contributed by atoms with Gasteiger partial charge in [-0.3, -0.25) is 0 Å². The van der Waals surface area contributed by atoms with E-state index in [1.165, 1.54) is 18.4 Å². The first-order valence-electron chi connectivity index (χ1n) is 11.3. The lowest BCUT2D eigenvalue weighted by Gasteiger charge is -2.40. The average molecular weight is 538 g/mol. The molecule has 1 saturated carbocycles. The highest BCUT2D eigenvalue weighted by Gasteiger charge is 2.43. The van der Waals surface area contributed by atoms with Crippen LogP contribution in [-0.4, -0.2) is 32.9 Å². The van der Waals surface area contributed by atoms with Crippen LogP contribution in [0.3, 0.4) is 0 Å². The average Bonchev–Trinajstić information content (AvgIpc) is 3.33. The Morgan fingerprint density at radius 1 is 1.26 bits per heavy atom. The van der Waals surface area contributed by atoms with Crippen LogP contribution in [0.5, 0.6) is 5.75 Å². The van der Waals surface area contributed by atoms with Crippen LogP contribution in [0.15, 0.2) is 29.3 Å². The molecular formula is C23H35IN6O. The first-order valence-corrected chi connectivity index (χ1v) is 11.3. The smallest absolute Gasteiger partial charge is 0.192 e. The largest absolute Gasteiger partial charge is 0.487 e. The SMILES string of the molecule is CCCCNC(=NCc1nnc(C)n1C)NC1CC2(CCCC2)Oc2ccccc21.I. The molecule has 2 aromatic rings. The number of hydrogen-bond donors (Lipinski definition) is 2. The molecule has 4 rings (SSSR count). The van der Waals surface area contributed by atoms with E-state index in [0.29, 0.717) is 6.54 Å². The Hall–Kier alpha value is -1.84. The molecule has 31 heavy (non-hydrogen) atoms. The minimum atomic E-state index is -0.0404. The van der Waals surface area contributed by atoms with Crippen molar-refractivity contribution in [2.24, 2.45) is 12.0 Å². The number of hydrogen-bond acceptors (Lipinski definition) is 4. The summed E-state index contributed by atoms with van der Waals surface area (Å²) in [5.41, 5.74) is 1.18. The summed E-state index contributed by atoms with van der Waals surface area (Å²) in [6.07, 6.45) is 7.98. The highest BCUT2D eigenvalue weighted by atomic mass is 127. The Bertz CT molecular complexity index is 890. The van der Waals surface area contributed by atoms with Gasteiger partial charge >= 0.3 is 0 Å². The fraction of sp³-hybridized carbons (Fsp3) is 0.609. The van der Waals surface area contributed by atoms with E-state index in [0.717, 1.165) is 62.0 Å². The quantitative estimate of drug-likeness (QED) is 0.247. The van der Waals surface area contributed by atoms with Crippen molar-refractivity contribution < 1.29 is 4.74 Å². The molecule has 1 spiro atoms. The predicted molar refractivity (Wildman–Crippen MR) is 134 cm³/mol. The normalized spacial score (nSPS) is 19.5. The Labute approximate surface area is 202 Å². The number of benzene rings is 1. The minimum Gasteiger partial charge on any atom is -0.487 e. The van der Waals surface area contributed by atoms with Crippen molar-refractivity contribution in [2.45, 2.75) is 77.0 Å². The van der Waals surface area contributed by atoms with Gasteiger partial charge in [0, 0.05) is 25.6 Å². The Balaban J connectivity index is 0.00000272. The maximum atomic E-state index is 6.52. The predicted octanol–water partition coefficient (Wildman–Crippen LogP) is 4.41. The number of nitrogens with one attached hydrogen (secondary N) is 2. The zero-order valence-corrected chi connectivity index (χ0v) is 21.2. The fourth-order valence-corrected chi connectivity index (χ4v) is 4.51. The second-order valence-corrected chi connectivity index (χ2v) is 8.60. The second-order valence-electron chi connectivity index (χ2n) is 8.60. The lowest BCUT2D eigenvalue weighted by Crippen LogP contribution is -2.46. The minimum absolute atomic E-state index is 0. The molecule has 1 aromatic carbocycles. The van der Waals surface area contributed by atoms with E-state index in [-0.39, 0.29) is 35.6 Å². The summed E-state index contributed by atoms with van der Waals surface area (Å²) in [6, 6.07) is 8.61. The molecule has 1 atom stereocenters. The summed E-state index contributed by atoms with van der Waals surface area (Å²) in [4.78, 5) is 4.85. The number of aromatic nitrogens is 3. The summed E-state index contributed by atoms with van der Waals surface area (Å²) in [6.45, 7) is 5.55. The van der Waals surface area contributed by atoms with E-state index in [1.54, 1.807) is 0 Å². The molecule has 2 heterocycles. The van der Waals surface area contributed by atoms with E-state index in [1.807, 2.05) is 18.5 Å². The fourth-order valence-electron chi connectivity index (χ4n) is 4.51. The number of guanidine groups is 1. The van der Waals surface area contributed by atoms with E-state index >= 15 is 0 Å². The van der Waals surface area contributed by atoms with Crippen LogP contribution < -0.4 is 15.4 Å². The van der Waals surface area contributed by atoms with Crippen LogP contribution in [0, 0.1) is 6.92 Å². The summed E-state index contributed by atoms with van der Waals surface area (Å²) in [5, 5.41) is 15.6. The van der Waals surface area contributed by atoms with Gasteiger partial charge in [-0.15, -0.1) is 34.2 Å². The lowest BCUT2D eigenvalue weighted by molar-refractivity contribution is 0.0396. The number of ether oxygens (including phenoxy) is 1. The van der Waals surface area contributed by atoms with Crippen molar-refractivity contribution in [1.82, 2.24) is 25.4 Å². The molecule has 1 aromatic heterocycles. The molecule has 170 valence electrons. The highest BCUT2D eigenvalue weighted by Crippen LogP contribution is 2.46. The summed E-state index contributed by atoms with van der Waals surface area (Å²) < 4.78 is 8.51. The van der Waals surface area contributed by atoms with Crippen molar-refractivity contribution in [2.75, 3.05) is 6.54 Å². The van der Waals surface area contributed by atoms with Gasteiger partial charge in [0.15, 0.2) is 11.8 Å². The van der Waals surface area contributed by atoms with Gasteiger partial charge in [-0.05, 0) is 45.1 Å². The van der Waals surface area contributed by atoms with Crippen molar-refractivity contribution in [3.63, 3.8) is 0 Å². The van der Waals surface area contributed by atoms with Crippen LogP contribution in [0.4, 0.5) is 0 Å². The summed E-state index contributed by atoms with van der Waals surface area (Å²) in [7, 11) is 1.98. The molecule has 2 N–H and O–H groups in total. The standard InChI is InChI=1S/C23H34N6O.HI/c1-4-5-14-24-22(25-16-21-28-27-17(2)29(21)3)26-19-15-23(12-8-9-13-23)30-20-11-7-6-10-18(19)20;/h6-7,10-11,19H,4-5,8-9,12-16H2,1-3H3,(H2,24,25,26);1H. The summed E-state index contributed by atoms with van der Waals surface area (Å²) in [5.74, 6) is 3.61. The number of nitrogens with zero attached hydrogens (tertiary/aromatic N) is 4. The third-order valence-electron chi connectivity index (χ3n) is 6.41. The Kier molecular flexibility index (Phi) is 8.18. The molecule has 0 amide bonds. The molecular weight excluding hydrogens is 503 g/mol. The van der Waals surface area contributed by atoms with Gasteiger partial charge in [0.2, 0.25) is 0 Å². The number of fused-ring (bicyclic) bond motifs is 1. The maximum absolute atomic E-state index is 6.52. The molecule has 2 aliphatic rings. The van der Waals surface area contributed by atoms with Crippen LogP contribution in [0.2, 0.25) is 0 Å². The van der Waals surface area contributed by atoms with E-state index in [9.17, 15) is 0 Å². The molecule has 1 aliphatic carbocycles. The molecule has 1 unspecified atom stereocenters. The first kappa shape index (κ1) is 23.8. The molecule has 0 saturated heterocycles. The highest BCUT2D eigenvalue weighted by molar-refractivity contribution is 14.0. The van der Waals surface area contributed by atoms with E-state index in [2.05, 4.69) is 52.0 Å². The molecule has 8 heteroatoms. The Morgan fingerprint density at radius 2 is 2.03 bits per heavy atom. The maximum Gasteiger partial charge on any atom is 0.192 e. The number of rotatable bonds is 6. The summed E-state index contributed by atoms with van der Waals surface area (Å²) >= 11 is 0. The third-order valence-corrected chi connectivity index (χ3v) is 6.41. The lowest BCUT2D eigenvalue weighted by atomic mass is 9.86. The number of aliphatic imine (C=N–C) groups is 1. The van der Waals surface area contributed by atoms with E-state index < -0.39 is 0 Å². The van der Waals surface area contributed by atoms with Crippen LogP contribution in [-0.2, 0) is 13.6 Å². The van der Waals surface area contributed by atoms with Gasteiger partial charge in [0.25, 0.3) is 0 Å². The zero-order valence-electron chi connectivity index (χ0n) is 18.9. The van der Waals surface area contributed by atoms with Crippen molar-refractivity contribution in [3.05, 3.63) is 41.5 Å². The molecule has 1 aliphatic heterocycles. The topological polar surface area (TPSA) is 76.4 Å². The number of halogens is 1. The number of unbranched alkanes of at least 4 members (excludes halogenated alkanes) is 1. The van der Waals surface area contributed by atoms with Gasteiger partial charge < -0.3 is 19.9 Å². The van der Waals surface area contributed by atoms with E-state index in [4.69, 9.17) is 9.73 Å². The number of aryl methyl sites for hydroxylation is 1. The van der Waals surface area contributed by atoms with Gasteiger partial charge in [-0.1, -0.05) is 31.5 Å². The Morgan fingerprint density at radius 3 is 2.74 bits per heavy atom. The van der Waals surface area contributed by atoms with Crippen molar-refractivity contribution in [3.8, 4) is 5.75 Å². The molecule has 0 bridgehead atoms. The van der Waals surface area contributed by atoms with Crippen molar-refractivity contribution in [1.29, 1.82) is 0 Å².